The number of urea groups is 1. The van der Waals surface area contributed by atoms with Crippen LogP contribution in [0.1, 0.15) is 23.0 Å². The lowest BCUT2D eigenvalue weighted by molar-refractivity contribution is -0.274. The number of alkyl halides is 3. The van der Waals surface area contributed by atoms with Crippen molar-refractivity contribution in [1.82, 2.24) is 10.3 Å². The van der Waals surface area contributed by atoms with Gasteiger partial charge in [0, 0.05) is 18.3 Å². The molecule has 4 amide bonds. The van der Waals surface area contributed by atoms with Gasteiger partial charge in [-0.1, -0.05) is 18.2 Å². The normalized spacial score (nSPS) is 17.8. The Bertz CT molecular complexity index is 1270. The van der Waals surface area contributed by atoms with Gasteiger partial charge in [-0.25, -0.2) is 9.69 Å². The molecule has 1 saturated heterocycles. The van der Waals surface area contributed by atoms with Crippen molar-refractivity contribution in [2.75, 3.05) is 10.2 Å². The zero-order valence-corrected chi connectivity index (χ0v) is 18.3. The van der Waals surface area contributed by atoms with Crippen LogP contribution in [0.4, 0.5) is 29.3 Å². The third-order valence-corrected chi connectivity index (χ3v) is 5.24. The van der Waals surface area contributed by atoms with Gasteiger partial charge in [0.15, 0.2) is 0 Å². The summed E-state index contributed by atoms with van der Waals surface area (Å²) >= 11 is 0. The lowest BCUT2D eigenvalue weighted by Gasteiger charge is -2.22. The van der Waals surface area contributed by atoms with Gasteiger partial charge in [0.05, 0.1) is 5.69 Å². The molecule has 0 bridgehead atoms. The second-order valence-electron chi connectivity index (χ2n) is 7.99. The zero-order chi connectivity index (χ0) is 25.2. The highest BCUT2D eigenvalue weighted by Gasteiger charge is 2.48. The molecule has 0 spiro atoms. The monoisotopic (exact) mass is 484 g/mol. The van der Waals surface area contributed by atoms with Crippen LogP contribution in [-0.4, -0.2) is 34.7 Å². The molecular weight excluding hydrogens is 465 g/mol. The van der Waals surface area contributed by atoms with Crippen LogP contribution in [0.15, 0.2) is 72.9 Å². The number of para-hydroxylation sites is 1. The smallest absolute Gasteiger partial charge is 0.406 e. The number of benzene rings is 2. The highest BCUT2D eigenvalue weighted by atomic mass is 19.4. The number of hydrogen-bond acceptors (Lipinski definition) is 5. The van der Waals surface area contributed by atoms with Crippen molar-refractivity contribution in [2.45, 2.75) is 25.2 Å². The molecule has 2 aromatic carbocycles. The number of rotatable bonds is 6. The minimum Gasteiger partial charge on any atom is -0.406 e. The average molecular weight is 484 g/mol. The van der Waals surface area contributed by atoms with Crippen molar-refractivity contribution < 1.29 is 32.3 Å². The molecule has 1 unspecified atom stereocenters. The van der Waals surface area contributed by atoms with E-state index in [0.717, 1.165) is 17.0 Å². The predicted octanol–water partition coefficient (Wildman–Crippen LogP) is 4.29. The second-order valence-corrected chi connectivity index (χ2v) is 7.99. The Morgan fingerprint density at radius 2 is 1.77 bits per heavy atom. The molecule has 4 rings (SSSR count). The van der Waals surface area contributed by atoms with E-state index in [1.54, 1.807) is 30.3 Å². The fourth-order valence-electron chi connectivity index (χ4n) is 3.67. The van der Waals surface area contributed by atoms with E-state index in [4.69, 9.17) is 0 Å². The number of amides is 4. The van der Waals surface area contributed by atoms with Crippen molar-refractivity contribution >= 4 is 29.2 Å². The lowest BCUT2D eigenvalue weighted by atomic mass is 9.92. The highest BCUT2D eigenvalue weighted by Crippen LogP contribution is 2.30. The van der Waals surface area contributed by atoms with Crippen LogP contribution < -0.4 is 20.3 Å². The van der Waals surface area contributed by atoms with E-state index in [9.17, 15) is 27.6 Å². The van der Waals surface area contributed by atoms with Crippen molar-refractivity contribution in [3.63, 3.8) is 0 Å². The molecular formula is C24H19F3N4O4. The second kappa shape index (κ2) is 9.09. The first-order valence-electron chi connectivity index (χ1n) is 10.4. The SMILES string of the molecule is CC1(Cc2ccnc(C(=O)Nc3ccccc3)c2)NC(=O)N(c2ccc(OC(F)(F)F)cc2)C1=O. The number of anilines is 2. The third-order valence-electron chi connectivity index (χ3n) is 5.24. The van der Waals surface area contributed by atoms with Gasteiger partial charge in [-0.05, 0) is 61.0 Å². The summed E-state index contributed by atoms with van der Waals surface area (Å²) < 4.78 is 41.0. The van der Waals surface area contributed by atoms with Crippen LogP contribution >= 0.6 is 0 Å². The number of pyridine rings is 1. The Hall–Kier alpha value is -4.41. The Morgan fingerprint density at radius 3 is 2.43 bits per heavy atom. The van der Waals surface area contributed by atoms with Gasteiger partial charge in [0.2, 0.25) is 0 Å². The number of aromatic nitrogens is 1. The Kier molecular flexibility index (Phi) is 6.16. The molecule has 1 aliphatic heterocycles. The first-order chi connectivity index (χ1) is 16.5. The number of ether oxygens (including phenoxy) is 1. The van der Waals surface area contributed by atoms with E-state index in [1.807, 2.05) is 6.07 Å². The van der Waals surface area contributed by atoms with E-state index >= 15 is 0 Å². The van der Waals surface area contributed by atoms with Gasteiger partial charge in [-0.15, -0.1) is 13.2 Å². The van der Waals surface area contributed by atoms with E-state index in [0.29, 0.717) is 11.3 Å². The number of hydrogen-bond donors (Lipinski definition) is 2. The van der Waals surface area contributed by atoms with Crippen LogP contribution in [0.2, 0.25) is 0 Å². The molecule has 1 atom stereocenters. The maximum absolute atomic E-state index is 13.2. The standard InChI is InChI=1S/C24H19F3N4O4/c1-23(14-15-11-12-28-19(13-15)20(32)29-16-5-3-2-4-6-16)21(33)31(22(34)30-23)17-7-9-18(10-8-17)35-24(25,26)27/h2-13H,14H2,1H3,(H,29,32)(H,30,34). The maximum atomic E-state index is 13.2. The van der Waals surface area contributed by atoms with Crippen molar-refractivity contribution in [1.29, 1.82) is 0 Å². The quantitative estimate of drug-likeness (QED) is 0.509. The van der Waals surface area contributed by atoms with Crippen molar-refractivity contribution in [2.24, 2.45) is 0 Å². The third kappa shape index (κ3) is 5.40. The summed E-state index contributed by atoms with van der Waals surface area (Å²) in [5.74, 6) is -1.51. The van der Waals surface area contributed by atoms with E-state index < -0.39 is 35.5 Å². The summed E-state index contributed by atoms with van der Waals surface area (Å²) in [6.07, 6.45) is -3.38. The summed E-state index contributed by atoms with van der Waals surface area (Å²) in [6, 6.07) is 15.6. The topological polar surface area (TPSA) is 101 Å². The van der Waals surface area contributed by atoms with Crippen molar-refractivity contribution in [3.05, 3.63) is 84.2 Å². The highest BCUT2D eigenvalue weighted by molar-refractivity contribution is 6.23. The van der Waals surface area contributed by atoms with Gasteiger partial charge in [0.1, 0.15) is 17.0 Å². The van der Waals surface area contributed by atoms with Crippen molar-refractivity contribution in [3.8, 4) is 5.75 Å². The lowest BCUT2D eigenvalue weighted by Crippen LogP contribution is -2.46. The van der Waals surface area contributed by atoms with Gasteiger partial charge in [0.25, 0.3) is 11.8 Å². The minimum atomic E-state index is -4.86. The Balaban J connectivity index is 1.49. The Labute approximate surface area is 197 Å². The van der Waals surface area contributed by atoms with Gasteiger partial charge in [-0.3, -0.25) is 14.6 Å². The molecule has 180 valence electrons. The first kappa shape index (κ1) is 23.7. The van der Waals surface area contributed by atoms with Crippen LogP contribution in [0.25, 0.3) is 0 Å². The van der Waals surface area contributed by atoms with Crippen LogP contribution in [0.3, 0.4) is 0 Å². The molecule has 2 N–H and O–H groups in total. The molecule has 0 radical (unpaired) electrons. The summed E-state index contributed by atoms with van der Waals surface area (Å²) in [5, 5.41) is 5.35. The Morgan fingerprint density at radius 1 is 1.09 bits per heavy atom. The number of imide groups is 1. The molecule has 1 fully saturated rings. The summed E-state index contributed by atoms with van der Waals surface area (Å²) in [6.45, 7) is 1.53. The van der Waals surface area contributed by atoms with E-state index in [2.05, 4.69) is 20.4 Å². The van der Waals surface area contributed by atoms with Gasteiger partial charge in [-0.2, -0.15) is 0 Å². The molecule has 3 aromatic rings. The number of carbonyl (C=O) groups excluding carboxylic acids is 3. The summed E-state index contributed by atoms with van der Waals surface area (Å²) in [7, 11) is 0. The zero-order valence-electron chi connectivity index (χ0n) is 18.3. The number of carbonyl (C=O) groups is 3. The van der Waals surface area contributed by atoms with Gasteiger partial charge < -0.3 is 15.4 Å². The molecule has 11 heteroatoms. The van der Waals surface area contributed by atoms with Crippen LogP contribution in [0.5, 0.6) is 5.75 Å². The molecule has 1 aromatic heterocycles. The number of nitrogens with zero attached hydrogens (tertiary/aromatic N) is 2. The minimum absolute atomic E-state index is 0.0531. The van der Waals surface area contributed by atoms with Crippen LogP contribution in [0, 0.1) is 0 Å². The van der Waals surface area contributed by atoms with E-state index in [-0.39, 0.29) is 17.8 Å². The predicted molar refractivity (Wildman–Crippen MR) is 120 cm³/mol. The fraction of sp³-hybridized carbons (Fsp3) is 0.167. The summed E-state index contributed by atoms with van der Waals surface area (Å²) in [5.41, 5.74) is 0.0295. The number of nitrogens with one attached hydrogen (secondary N) is 2. The molecule has 0 aliphatic carbocycles. The molecule has 35 heavy (non-hydrogen) atoms. The van der Waals surface area contributed by atoms with E-state index in [1.165, 1.54) is 31.3 Å². The molecule has 2 heterocycles. The first-order valence-corrected chi connectivity index (χ1v) is 10.4. The molecule has 8 nitrogen and oxygen atoms in total. The molecule has 1 aliphatic rings. The maximum Gasteiger partial charge on any atom is 0.573 e. The number of halogens is 3. The van der Waals surface area contributed by atoms with Crippen LogP contribution in [-0.2, 0) is 11.2 Å². The summed E-state index contributed by atoms with van der Waals surface area (Å²) in [4.78, 5) is 43.2. The average Bonchev–Trinajstić information content (AvgIpc) is 3.02. The fourth-order valence-corrected chi connectivity index (χ4v) is 3.67. The van der Waals surface area contributed by atoms with Gasteiger partial charge >= 0.3 is 12.4 Å². The molecule has 0 saturated carbocycles. The largest absolute Gasteiger partial charge is 0.573 e.